The van der Waals surface area contributed by atoms with Gasteiger partial charge in [-0.3, -0.25) is 14.9 Å². The van der Waals surface area contributed by atoms with E-state index in [2.05, 4.69) is 10.5 Å². The van der Waals surface area contributed by atoms with Crippen LogP contribution in [-0.4, -0.2) is 16.5 Å². The van der Waals surface area contributed by atoms with Crippen molar-refractivity contribution >= 4 is 23.0 Å². The van der Waals surface area contributed by atoms with E-state index in [0.29, 0.717) is 17.7 Å². The first kappa shape index (κ1) is 15.7. The van der Waals surface area contributed by atoms with E-state index in [0.717, 1.165) is 5.56 Å². The van der Waals surface area contributed by atoms with Gasteiger partial charge in [0.25, 0.3) is 11.6 Å². The molecule has 3 rings (SSSR count). The number of nitro benzene ring substituents is 1. The summed E-state index contributed by atoms with van der Waals surface area (Å²) in [6, 6.07) is 14.0. The zero-order valence-electron chi connectivity index (χ0n) is 12.9. The van der Waals surface area contributed by atoms with Crippen molar-refractivity contribution in [1.82, 2.24) is 0 Å². The van der Waals surface area contributed by atoms with Crippen LogP contribution in [0.3, 0.4) is 0 Å². The molecule has 1 aliphatic rings. The molecule has 0 fully saturated rings. The van der Waals surface area contributed by atoms with Crippen molar-refractivity contribution in [1.29, 1.82) is 0 Å². The van der Waals surface area contributed by atoms with E-state index in [4.69, 9.17) is 4.84 Å². The summed E-state index contributed by atoms with van der Waals surface area (Å²) in [5.74, 6) is -0.424. The van der Waals surface area contributed by atoms with Gasteiger partial charge < -0.3 is 10.2 Å². The van der Waals surface area contributed by atoms with Gasteiger partial charge in [-0.15, -0.1) is 0 Å². The van der Waals surface area contributed by atoms with E-state index in [-0.39, 0.29) is 17.5 Å². The van der Waals surface area contributed by atoms with Crippen molar-refractivity contribution in [3.63, 3.8) is 0 Å². The molecule has 0 aromatic heterocycles. The number of hydrogen-bond donors (Lipinski definition) is 1. The summed E-state index contributed by atoms with van der Waals surface area (Å²) in [6.45, 7) is 1.64. The SMILES string of the molecule is Cc1ccc(NC(=O)C2=NOC(c3ccccc3)C2)cc1[N+](=O)[O-]. The molecule has 1 unspecified atom stereocenters. The van der Waals surface area contributed by atoms with Crippen LogP contribution in [0.2, 0.25) is 0 Å². The number of benzene rings is 2. The largest absolute Gasteiger partial charge is 0.387 e. The van der Waals surface area contributed by atoms with E-state index in [1.54, 1.807) is 19.1 Å². The number of carbonyl (C=O) groups is 1. The fourth-order valence-electron chi connectivity index (χ4n) is 2.45. The second kappa shape index (κ2) is 6.49. The van der Waals surface area contributed by atoms with Crippen LogP contribution in [0.1, 0.15) is 23.7 Å². The minimum absolute atomic E-state index is 0.0421. The van der Waals surface area contributed by atoms with Crippen molar-refractivity contribution in [3.8, 4) is 0 Å². The lowest BCUT2D eigenvalue weighted by molar-refractivity contribution is -0.385. The molecule has 0 bridgehead atoms. The maximum atomic E-state index is 12.3. The first-order valence-corrected chi connectivity index (χ1v) is 7.38. The van der Waals surface area contributed by atoms with Crippen LogP contribution in [0, 0.1) is 17.0 Å². The lowest BCUT2D eigenvalue weighted by Crippen LogP contribution is -2.21. The number of amides is 1. The van der Waals surface area contributed by atoms with Gasteiger partial charge >= 0.3 is 0 Å². The summed E-state index contributed by atoms with van der Waals surface area (Å²) < 4.78 is 0. The number of rotatable bonds is 4. The predicted octanol–water partition coefficient (Wildman–Crippen LogP) is 3.36. The molecule has 0 saturated carbocycles. The summed E-state index contributed by atoms with van der Waals surface area (Å²) in [6.07, 6.45) is 0.0587. The van der Waals surface area contributed by atoms with Crippen LogP contribution < -0.4 is 5.32 Å². The molecule has 1 heterocycles. The van der Waals surface area contributed by atoms with Crippen LogP contribution in [0.5, 0.6) is 0 Å². The molecule has 0 saturated heterocycles. The van der Waals surface area contributed by atoms with E-state index in [9.17, 15) is 14.9 Å². The number of aryl methyl sites for hydroxylation is 1. The Morgan fingerprint density at radius 3 is 2.75 bits per heavy atom. The average Bonchev–Trinajstić information content (AvgIpc) is 3.07. The van der Waals surface area contributed by atoms with Gasteiger partial charge in [0.15, 0.2) is 6.10 Å². The van der Waals surface area contributed by atoms with Gasteiger partial charge in [-0.25, -0.2) is 0 Å². The van der Waals surface area contributed by atoms with Gasteiger partial charge in [-0.2, -0.15) is 0 Å². The molecule has 24 heavy (non-hydrogen) atoms. The van der Waals surface area contributed by atoms with Gasteiger partial charge in [0.2, 0.25) is 0 Å². The highest BCUT2D eigenvalue weighted by molar-refractivity contribution is 6.43. The Bertz CT molecular complexity index is 818. The zero-order valence-corrected chi connectivity index (χ0v) is 12.9. The maximum Gasteiger partial charge on any atom is 0.274 e. The first-order chi connectivity index (χ1) is 11.5. The third-order valence-corrected chi connectivity index (χ3v) is 3.77. The molecule has 1 aliphatic heterocycles. The predicted molar refractivity (Wildman–Crippen MR) is 88.8 cm³/mol. The molecule has 7 heteroatoms. The number of nitrogens with one attached hydrogen (secondary N) is 1. The molecular formula is C17H15N3O4. The third-order valence-electron chi connectivity index (χ3n) is 3.77. The summed E-state index contributed by atoms with van der Waals surface area (Å²) in [5.41, 5.74) is 2.04. The lowest BCUT2D eigenvalue weighted by atomic mass is 10.0. The molecule has 2 aromatic carbocycles. The highest BCUT2D eigenvalue weighted by atomic mass is 16.6. The summed E-state index contributed by atoms with van der Waals surface area (Å²) >= 11 is 0. The van der Waals surface area contributed by atoms with Gasteiger partial charge in [0.05, 0.1) is 4.92 Å². The Kier molecular flexibility index (Phi) is 4.24. The minimum atomic E-state index is -0.480. The molecule has 7 nitrogen and oxygen atoms in total. The highest BCUT2D eigenvalue weighted by Gasteiger charge is 2.27. The molecule has 1 amide bonds. The number of hydrogen-bond acceptors (Lipinski definition) is 5. The monoisotopic (exact) mass is 325 g/mol. The van der Waals surface area contributed by atoms with E-state index in [1.807, 2.05) is 30.3 Å². The van der Waals surface area contributed by atoms with Crippen molar-refractivity contribution in [2.75, 3.05) is 5.32 Å². The lowest BCUT2D eigenvalue weighted by Gasteiger charge is -2.08. The number of nitrogens with zero attached hydrogens (tertiary/aromatic N) is 2. The van der Waals surface area contributed by atoms with Crippen LogP contribution in [-0.2, 0) is 9.63 Å². The first-order valence-electron chi connectivity index (χ1n) is 7.38. The molecule has 2 aromatic rings. The Balaban J connectivity index is 1.68. The van der Waals surface area contributed by atoms with Crippen molar-refractivity contribution < 1.29 is 14.6 Å². The Morgan fingerprint density at radius 2 is 2.04 bits per heavy atom. The standard InChI is InChI=1S/C17H15N3O4/c1-11-7-8-13(9-15(11)20(22)23)18-17(21)14-10-16(24-19-14)12-5-3-2-4-6-12/h2-9,16H,10H2,1H3,(H,18,21). The summed E-state index contributed by atoms with van der Waals surface area (Å²) in [4.78, 5) is 28.1. The second-order valence-electron chi connectivity index (χ2n) is 5.46. The summed E-state index contributed by atoms with van der Waals surface area (Å²) in [5, 5.41) is 17.4. The van der Waals surface area contributed by atoms with Crippen LogP contribution in [0.15, 0.2) is 53.7 Å². The molecule has 1 N–H and O–H groups in total. The average molecular weight is 325 g/mol. The highest BCUT2D eigenvalue weighted by Crippen LogP contribution is 2.28. The van der Waals surface area contributed by atoms with Crippen LogP contribution in [0.25, 0.3) is 0 Å². The molecule has 1 atom stereocenters. The molecule has 0 spiro atoms. The smallest absolute Gasteiger partial charge is 0.274 e. The van der Waals surface area contributed by atoms with Gasteiger partial charge in [0, 0.05) is 23.7 Å². The number of nitro groups is 1. The normalized spacial score (nSPS) is 16.2. The van der Waals surface area contributed by atoms with Crippen molar-refractivity contribution in [2.45, 2.75) is 19.4 Å². The fraction of sp³-hybridized carbons (Fsp3) is 0.176. The summed E-state index contributed by atoms with van der Waals surface area (Å²) in [7, 11) is 0. The fourth-order valence-corrected chi connectivity index (χ4v) is 2.45. The number of carbonyl (C=O) groups excluding carboxylic acids is 1. The van der Waals surface area contributed by atoms with Crippen molar-refractivity contribution in [2.24, 2.45) is 5.16 Å². The van der Waals surface area contributed by atoms with Crippen LogP contribution >= 0.6 is 0 Å². The van der Waals surface area contributed by atoms with E-state index in [1.165, 1.54) is 6.07 Å². The number of oxime groups is 1. The van der Waals surface area contributed by atoms with Gasteiger partial charge in [-0.1, -0.05) is 41.6 Å². The third kappa shape index (κ3) is 3.24. The second-order valence-corrected chi connectivity index (χ2v) is 5.46. The van der Waals surface area contributed by atoms with Crippen LogP contribution in [0.4, 0.5) is 11.4 Å². The van der Waals surface area contributed by atoms with Crippen molar-refractivity contribution in [3.05, 3.63) is 69.8 Å². The minimum Gasteiger partial charge on any atom is -0.387 e. The maximum absolute atomic E-state index is 12.3. The van der Waals surface area contributed by atoms with E-state index >= 15 is 0 Å². The Morgan fingerprint density at radius 1 is 1.29 bits per heavy atom. The van der Waals surface area contributed by atoms with Gasteiger partial charge in [-0.05, 0) is 18.6 Å². The molecular weight excluding hydrogens is 310 g/mol. The zero-order chi connectivity index (χ0) is 17.1. The molecule has 0 aliphatic carbocycles. The van der Waals surface area contributed by atoms with E-state index < -0.39 is 10.8 Å². The number of anilines is 1. The van der Waals surface area contributed by atoms with Gasteiger partial charge in [0.1, 0.15) is 5.71 Å². The topological polar surface area (TPSA) is 93.8 Å². The quantitative estimate of drug-likeness (QED) is 0.689. The Labute approximate surface area is 138 Å². The molecule has 0 radical (unpaired) electrons. The molecule has 122 valence electrons. The Hall–Kier alpha value is -3.22.